The number of nitrogens with zero attached hydrogens (tertiary/aromatic N) is 4. The van der Waals surface area contributed by atoms with E-state index in [0.29, 0.717) is 5.69 Å². The van der Waals surface area contributed by atoms with Gasteiger partial charge in [0, 0.05) is 5.69 Å². The minimum Gasteiger partial charge on any atom is -0.325 e. The van der Waals surface area contributed by atoms with E-state index in [1.165, 1.54) is 11.0 Å². The summed E-state index contributed by atoms with van der Waals surface area (Å²) < 4.78 is 1.51. The molecule has 0 saturated carbocycles. The number of benzene rings is 1. The van der Waals surface area contributed by atoms with Gasteiger partial charge in [0.2, 0.25) is 5.91 Å². The van der Waals surface area contributed by atoms with Crippen LogP contribution in [0.5, 0.6) is 0 Å². The molecule has 0 unspecified atom stereocenters. The monoisotopic (exact) mass is 260 g/mol. The zero-order valence-corrected chi connectivity index (χ0v) is 10.8. The summed E-state index contributed by atoms with van der Waals surface area (Å²) in [5.41, 5.74) is 7.22. The lowest BCUT2D eigenvalue weighted by molar-refractivity contribution is -0.118. The molecule has 2 rings (SSSR count). The van der Waals surface area contributed by atoms with Gasteiger partial charge in [0.1, 0.15) is 6.33 Å². The van der Waals surface area contributed by atoms with E-state index in [0.717, 1.165) is 5.69 Å². The highest BCUT2D eigenvalue weighted by Gasteiger charge is 2.17. The Hall–Kier alpha value is -2.28. The summed E-state index contributed by atoms with van der Waals surface area (Å²) in [5.74, 6) is -0.119. The standard InChI is InChI=1S/C12H16N6O/c1-8(2)11(13)12(19)15-9-4-3-5-10(6-9)18-7-14-16-17-18/h3-8,11H,13H2,1-2H3,(H,15,19)/t11-/m1/s1. The van der Waals surface area contributed by atoms with Crippen molar-refractivity contribution in [1.82, 2.24) is 20.2 Å². The molecule has 0 spiro atoms. The lowest BCUT2D eigenvalue weighted by Gasteiger charge is -2.15. The van der Waals surface area contributed by atoms with Crippen LogP contribution in [0, 0.1) is 5.92 Å². The molecule has 1 aromatic carbocycles. The van der Waals surface area contributed by atoms with E-state index in [4.69, 9.17) is 5.73 Å². The van der Waals surface area contributed by atoms with E-state index in [2.05, 4.69) is 20.8 Å². The normalized spacial score (nSPS) is 12.4. The summed E-state index contributed by atoms with van der Waals surface area (Å²) >= 11 is 0. The lowest BCUT2D eigenvalue weighted by atomic mass is 10.0. The van der Waals surface area contributed by atoms with Gasteiger partial charge in [-0.05, 0) is 34.5 Å². The third-order valence-corrected chi connectivity index (χ3v) is 2.75. The highest BCUT2D eigenvalue weighted by molar-refractivity contribution is 5.95. The fourth-order valence-electron chi connectivity index (χ4n) is 1.53. The number of nitrogens with two attached hydrogens (primary N) is 1. The van der Waals surface area contributed by atoms with Crippen LogP contribution in [0.1, 0.15) is 13.8 Å². The summed E-state index contributed by atoms with van der Waals surface area (Å²) in [6, 6.07) is 6.69. The van der Waals surface area contributed by atoms with E-state index in [1.54, 1.807) is 12.1 Å². The first-order valence-corrected chi connectivity index (χ1v) is 5.98. The quantitative estimate of drug-likeness (QED) is 0.838. The number of carbonyl (C=O) groups is 1. The molecular weight excluding hydrogens is 244 g/mol. The maximum absolute atomic E-state index is 11.9. The van der Waals surface area contributed by atoms with Crippen molar-refractivity contribution in [3.8, 4) is 5.69 Å². The highest BCUT2D eigenvalue weighted by Crippen LogP contribution is 2.14. The maximum atomic E-state index is 11.9. The number of aromatic nitrogens is 4. The van der Waals surface area contributed by atoms with Gasteiger partial charge >= 0.3 is 0 Å². The Morgan fingerprint density at radius 3 is 2.84 bits per heavy atom. The molecule has 0 saturated heterocycles. The molecule has 0 bridgehead atoms. The number of amides is 1. The Morgan fingerprint density at radius 1 is 1.42 bits per heavy atom. The number of hydrogen-bond acceptors (Lipinski definition) is 5. The van der Waals surface area contributed by atoms with E-state index in [1.807, 2.05) is 26.0 Å². The highest BCUT2D eigenvalue weighted by atomic mass is 16.2. The van der Waals surface area contributed by atoms with Crippen LogP contribution in [-0.2, 0) is 4.79 Å². The Kier molecular flexibility index (Phi) is 3.86. The van der Waals surface area contributed by atoms with Crippen molar-refractivity contribution in [2.24, 2.45) is 11.7 Å². The minimum absolute atomic E-state index is 0.0858. The summed E-state index contributed by atoms with van der Waals surface area (Å²) in [4.78, 5) is 11.9. The number of hydrogen-bond donors (Lipinski definition) is 2. The predicted octanol–water partition coefficient (Wildman–Crippen LogP) is 0.584. The van der Waals surface area contributed by atoms with Crippen LogP contribution in [0.4, 0.5) is 5.69 Å². The molecule has 7 heteroatoms. The SMILES string of the molecule is CC(C)[C@@H](N)C(=O)Nc1cccc(-n2cnnn2)c1. The average molecular weight is 260 g/mol. The van der Waals surface area contributed by atoms with Gasteiger partial charge in [-0.2, -0.15) is 0 Å². The Morgan fingerprint density at radius 2 is 2.21 bits per heavy atom. The van der Waals surface area contributed by atoms with Gasteiger partial charge in [-0.25, -0.2) is 4.68 Å². The summed E-state index contributed by atoms with van der Waals surface area (Å²) in [5, 5.41) is 13.7. The van der Waals surface area contributed by atoms with Crippen molar-refractivity contribution in [3.63, 3.8) is 0 Å². The molecule has 1 aromatic heterocycles. The summed E-state index contributed by atoms with van der Waals surface area (Å²) in [6.07, 6.45) is 1.49. The second kappa shape index (κ2) is 5.57. The molecule has 1 amide bonds. The molecule has 1 heterocycles. The average Bonchev–Trinajstić information content (AvgIpc) is 2.91. The van der Waals surface area contributed by atoms with Crippen LogP contribution in [0.3, 0.4) is 0 Å². The van der Waals surface area contributed by atoms with Crippen LogP contribution in [-0.4, -0.2) is 32.2 Å². The summed E-state index contributed by atoms with van der Waals surface area (Å²) in [7, 11) is 0. The number of carbonyl (C=O) groups excluding carboxylic acids is 1. The van der Waals surface area contributed by atoms with Crippen molar-refractivity contribution in [1.29, 1.82) is 0 Å². The number of tetrazole rings is 1. The summed E-state index contributed by atoms with van der Waals surface area (Å²) in [6.45, 7) is 3.81. The molecule has 0 aliphatic heterocycles. The molecule has 0 fully saturated rings. The molecule has 2 aromatic rings. The minimum atomic E-state index is -0.531. The first-order valence-electron chi connectivity index (χ1n) is 5.98. The van der Waals surface area contributed by atoms with Crippen molar-refractivity contribution >= 4 is 11.6 Å². The fourth-order valence-corrected chi connectivity index (χ4v) is 1.53. The van der Waals surface area contributed by atoms with Crippen LogP contribution in [0.15, 0.2) is 30.6 Å². The van der Waals surface area contributed by atoms with E-state index >= 15 is 0 Å². The number of nitrogens with one attached hydrogen (secondary N) is 1. The Bertz CT molecular complexity index is 551. The predicted molar refractivity (Wildman–Crippen MR) is 70.6 cm³/mol. The van der Waals surface area contributed by atoms with Crippen LogP contribution in [0.25, 0.3) is 5.69 Å². The van der Waals surface area contributed by atoms with Gasteiger partial charge in [0.15, 0.2) is 0 Å². The van der Waals surface area contributed by atoms with Crippen LogP contribution < -0.4 is 11.1 Å². The molecular formula is C12H16N6O. The van der Waals surface area contributed by atoms with Crippen molar-refractivity contribution < 1.29 is 4.79 Å². The van der Waals surface area contributed by atoms with Gasteiger partial charge in [0.25, 0.3) is 0 Å². The Labute approximate surface area is 110 Å². The molecule has 0 aliphatic carbocycles. The molecule has 3 N–H and O–H groups in total. The fraction of sp³-hybridized carbons (Fsp3) is 0.333. The largest absolute Gasteiger partial charge is 0.325 e. The third kappa shape index (κ3) is 3.14. The van der Waals surface area contributed by atoms with E-state index in [-0.39, 0.29) is 11.8 Å². The first kappa shape index (κ1) is 13.2. The molecule has 0 aliphatic rings. The van der Waals surface area contributed by atoms with Gasteiger partial charge < -0.3 is 11.1 Å². The Balaban J connectivity index is 2.14. The second-order valence-corrected chi connectivity index (χ2v) is 4.56. The van der Waals surface area contributed by atoms with Gasteiger partial charge in [-0.15, -0.1) is 5.10 Å². The lowest BCUT2D eigenvalue weighted by Crippen LogP contribution is -2.39. The molecule has 1 atom stereocenters. The maximum Gasteiger partial charge on any atom is 0.241 e. The van der Waals surface area contributed by atoms with Gasteiger partial charge in [-0.1, -0.05) is 19.9 Å². The first-order chi connectivity index (χ1) is 9.08. The molecule has 19 heavy (non-hydrogen) atoms. The second-order valence-electron chi connectivity index (χ2n) is 4.56. The smallest absolute Gasteiger partial charge is 0.241 e. The van der Waals surface area contributed by atoms with Gasteiger partial charge in [0.05, 0.1) is 11.7 Å². The molecule has 0 radical (unpaired) electrons. The number of anilines is 1. The van der Waals surface area contributed by atoms with E-state index < -0.39 is 6.04 Å². The topological polar surface area (TPSA) is 98.7 Å². The molecule has 100 valence electrons. The zero-order valence-electron chi connectivity index (χ0n) is 10.8. The van der Waals surface area contributed by atoms with Gasteiger partial charge in [-0.3, -0.25) is 4.79 Å². The molecule has 7 nitrogen and oxygen atoms in total. The van der Waals surface area contributed by atoms with Crippen LogP contribution in [0.2, 0.25) is 0 Å². The zero-order chi connectivity index (χ0) is 13.8. The van der Waals surface area contributed by atoms with Crippen molar-refractivity contribution in [3.05, 3.63) is 30.6 Å². The van der Waals surface area contributed by atoms with E-state index in [9.17, 15) is 4.79 Å². The number of rotatable bonds is 4. The van der Waals surface area contributed by atoms with Crippen molar-refractivity contribution in [2.45, 2.75) is 19.9 Å². The van der Waals surface area contributed by atoms with Crippen LogP contribution >= 0.6 is 0 Å². The van der Waals surface area contributed by atoms with Crippen molar-refractivity contribution in [2.75, 3.05) is 5.32 Å². The third-order valence-electron chi connectivity index (χ3n) is 2.75.